The zero-order valence-corrected chi connectivity index (χ0v) is 16.1. The van der Waals surface area contributed by atoms with Crippen molar-refractivity contribution in [3.05, 3.63) is 65.7 Å². The first-order chi connectivity index (χ1) is 12.3. The summed E-state index contributed by atoms with van der Waals surface area (Å²) in [6.07, 6.45) is 1.07. The van der Waals surface area contributed by atoms with Crippen LogP contribution in [0.2, 0.25) is 0 Å². The molecule has 26 heavy (non-hydrogen) atoms. The number of rotatable bonds is 6. The summed E-state index contributed by atoms with van der Waals surface area (Å²) in [5, 5.41) is 2.79. The van der Waals surface area contributed by atoms with Crippen molar-refractivity contribution in [2.24, 2.45) is 0 Å². The van der Waals surface area contributed by atoms with E-state index in [-0.39, 0.29) is 23.8 Å². The van der Waals surface area contributed by atoms with Crippen molar-refractivity contribution < 1.29 is 9.59 Å². The van der Waals surface area contributed by atoms with Crippen LogP contribution in [0.3, 0.4) is 0 Å². The lowest BCUT2D eigenvalue weighted by atomic mass is 9.86. The molecule has 2 amide bonds. The van der Waals surface area contributed by atoms with E-state index in [0.29, 0.717) is 12.8 Å². The number of carbonyl (C=O) groups is 2. The Kier molecular flexibility index (Phi) is 6.56. The maximum Gasteiger partial charge on any atom is 0.243 e. The minimum absolute atomic E-state index is 0.0342. The average Bonchev–Trinajstić information content (AvgIpc) is 2.60. The Morgan fingerprint density at radius 2 is 1.58 bits per heavy atom. The molecule has 138 valence electrons. The predicted molar refractivity (Wildman–Crippen MR) is 106 cm³/mol. The molecule has 4 nitrogen and oxygen atoms in total. The first-order valence-electron chi connectivity index (χ1n) is 8.94. The molecule has 4 heteroatoms. The Bertz CT molecular complexity index is 731. The fourth-order valence-electron chi connectivity index (χ4n) is 2.64. The predicted octanol–water partition coefficient (Wildman–Crippen LogP) is 4.01. The Labute approximate surface area is 156 Å². The molecule has 0 aromatic heterocycles. The summed E-state index contributed by atoms with van der Waals surface area (Å²) >= 11 is 0. The summed E-state index contributed by atoms with van der Waals surface area (Å²) in [7, 11) is 1.66. The number of hydrogen-bond donors (Lipinski definition) is 1. The molecule has 2 rings (SSSR count). The molecule has 0 saturated carbocycles. The van der Waals surface area contributed by atoms with Crippen LogP contribution in [0, 0.1) is 0 Å². The third-order valence-electron chi connectivity index (χ3n) is 4.31. The van der Waals surface area contributed by atoms with E-state index in [1.165, 1.54) is 10.5 Å². The summed E-state index contributed by atoms with van der Waals surface area (Å²) in [4.78, 5) is 25.8. The van der Waals surface area contributed by atoms with E-state index in [1.807, 2.05) is 30.3 Å². The van der Waals surface area contributed by atoms with Gasteiger partial charge in [0.1, 0.15) is 0 Å². The van der Waals surface area contributed by atoms with Crippen LogP contribution in [-0.2, 0) is 21.4 Å². The van der Waals surface area contributed by atoms with Crippen LogP contribution in [0.5, 0.6) is 0 Å². The lowest BCUT2D eigenvalue weighted by Gasteiger charge is -2.19. The summed E-state index contributed by atoms with van der Waals surface area (Å²) in [6, 6.07) is 17.6. The molecule has 0 aliphatic rings. The highest BCUT2D eigenvalue weighted by molar-refractivity contribution is 5.94. The van der Waals surface area contributed by atoms with Crippen molar-refractivity contribution in [2.45, 2.75) is 39.0 Å². The highest BCUT2D eigenvalue weighted by Gasteiger charge is 2.15. The van der Waals surface area contributed by atoms with Gasteiger partial charge in [0.25, 0.3) is 0 Å². The first-order valence-corrected chi connectivity index (χ1v) is 8.94. The van der Waals surface area contributed by atoms with E-state index in [1.54, 1.807) is 7.05 Å². The van der Waals surface area contributed by atoms with Crippen molar-refractivity contribution in [1.29, 1.82) is 0 Å². The number of nitrogens with one attached hydrogen (secondary N) is 1. The maximum absolute atomic E-state index is 12.3. The number of aryl methyl sites for hydroxylation is 1. The third kappa shape index (κ3) is 6.03. The molecular weight excluding hydrogens is 324 g/mol. The van der Waals surface area contributed by atoms with Gasteiger partial charge in [0.2, 0.25) is 11.8 Å². The number of carbonyl (C=O) groups excluding carboxylic acids is 2. The van der Waals surface area contributed by atoms with Crippen LogP contribution in [-0.4, -0.2) is 30.3 Å². The Hall–Kier alpha value is -2.62. The fourth-order valence-corrected chi connectivity index (χ4v) is 2.64. The largest absolute Gasteiger partial charge is 0.336 e. The molecule has 1 N–H and O–H groups in total. The molecule has 0 unspecified atom stereocenters. The fraction of sp³-hybridized carbons (Fsp3) is 0.364. The molecule has 0 saturated heterocycles. The number of amides is 2. The summed E-state index contributed by atoms with van der Waals surface area (Å²) in [5.41, 5.74) is 3.27. The van der Waals surface area contributed by atoms with Crippen LogP contribution in [0.15, 0.2) is 54.6 Å². The average molecular weight is 352 g/mol. The van der Waals surface area contributed by atoms with Gasteiger partial charge in [-0.15, -0.1) is 0 Å². The second kappa shape index (κ2) is 8.65. The van der Waals surface area contributed by atoms with Crippen LogP contribution < -0.4 is 5.32 Å². The van der Waals surface area contributed by atoms with Crippen molar-refractivity contribution in [3.63, 3.8) is 0 Å². The molecule has 2 aromatic rings. The quantitative estimate of drug-likeness (QED) is 0.854. The van der Waals surface area contributed by atoms with Crippen LogP contribution >= 0.6 is 0 Å². The molecule has 0 spiro atoms. The second-order valence-electron chi connectivity index (χ2n) is 7.61. The lowest BCUT2D eigenvalue weighted by molar-refractivity contribution is -0.133. The van der Waals surface area contributed by atoms with Gasteiger partial charge in [0, 0.05) is 19.2 Å². The zero-order valence-electron chi connectivity index (χ0n) is 16.1. The van der Waals surface area contributed by atoms with Crippen molar-refractivity contribution in [1.82, 2.24) is 4.90 Å². The Morgan fingerprint density at radius 3 is 2.15 bits per heavy atom. The van der Waals surface area contributed by atoms with Crippen LogP contribution in [0.4, 0.5) is 5.69 Å². The van der Waals surface area contributed by atoms with Gasteiger partial charge in [-0.1, -0.05) is 63.2 Å². The third-order valence-corrected chi connectivity index (χ3v) is 4.31. The maximum atomic E-state index is 12.3. The highest BCUT2D eigenvalue weighted by atomic mass is 16.2. The number of likely N-dealkylation sites (N-methyl/N-ethyl adjacent to an activating group) is 1. The number of benzene rings is 2. The van der Waals surface area contributed by atoms with E-state index < -0.39 is 0 Å². The molecule has 0 atom stereocenters. The number of hydrogen-bond acceptors (Lipinski definition) is 2. The van der Waals surface area contributed by atoms with Crippen LogP contribution in [0.25, 0.3) is 0 Å². The monoisotopic (exact) mass is 352 g/mol. The van der Waals surface area contributed by atoms with Crippen molar-refractivity contribution >= 4 is 17.5 Å². The van der Waals surface area contributed by atoms with E-state index in [2.05, 4.69) is 50.4 Å². The number of nitrogens with zero attached hydrogens (tertiary/aromatic N) is 1. The van der Waals surface area contributed by atoms with Crippen LogP contribution in [0.1, 0.15) is 38.3 Å². The van der Waals surface area contributed by atoms with E-state index in [4.69, 9.17) is 0 Å². The van der Waals surface area contributed by atoms with Crippen molar-refractivity contribution in [2.75, 3.05) is 18.9 Å². The normalized spacial score (nSPS) is 11.1. The standard InChI is InChI=1S/C22H28N2O2/c1-22(2,3)18-13-10-17(11-14-18)12-15-21(26)24(4)16-20(25)23-19-8-6-5-7-9-19/h5-11,13-14H,12,15-16H2,1-4H3,(H,23,25). The van der Waals surface area contributed by atoms with E-state index in [9.17, 15) is 9.59 Å². The molecule has 0 fully saturated rings. The minimum atomic E-state index is -0.193. The minimum Gasteiger partial charge on any atom is -0.336 e. The van der Waals surface area contributed by atoms with Gasteiger partial charge in [-0.2, -0.15) is 0 Å². The van der Waals surface area contributed by atoms with Gasteiger partial charge in [-0.05, 0) is 35.1 Å². The highest BCUT2D eigenvalue weighted by Crippen LogP contribution is 2.22. The molecule has 0 aliphatic carbocycles. The van der Waals surface area contributed by atoms with E-state index in [0.717, 1.165) is 11.3 Å². The molecular formula is C22H28N2O2. The Balaban J connectivity index is 1.80. The molecule has 0 radical (unpaired) electrons. The topological polar surface area (TPSA) is 49.4 Å². The van der Waals surface area contributed by atoms with Crippen molar-refractivity contribution in [3.8, 4) is 0 Å². The lowest BCUT2D eigenvalue weighted by Crippen LogP contribution is -2.35. The number of anilines is 1. The van der Waals surface area contributed by atoms with Gasteiger partial charge in [-0.25, -0.2) is 0 Å². The second-order valence-corrected chi connectivity index (χ2v) is 7.61. The first kappa shape index (κ1) is 19.7. The van der Waals surface area contributed by atoms with Gasteiger partial charge in [0.05, 0.1) is 6.54 Å². The summed E-state index contributed by atoms with van der Waals surface area (Å²) < 4.78 is 0. The smallest absolute Gasteiger partial charge is 0.243 e. The summed E-state index contributed by atoms with van der Waals surface area (Å²) in [5.74, 6) is -0.227. The molecule has 0 bridgehead atoms. The van der Waals surface area contributed by atoms with Gasteiger partial charge >= 0.3 is 0 Å². The van der Waals surface area contributed by atoms with Gasteiger partial charge < -0.3 is 10.2 Å². The van der Waals surface area contributed by atoms with Gasteiger partial charge in [-0.3, -0.25) is 9.59 Å². The molecule has 0 heterocycles. The zero-order chi connectivity index (χ0) is 19.2. The molecule has 0 aliphatic heterocycles. The SMILES string of the molecule is CN(CC(=O)Nc1ccccc1)C(=O)CCc1ccc(C(C)(C)C)cc1. The van der Waals surface area contributed by atoms with Gasteiger partial charge in [0.15, 0.2) is 0 Å². The Morgan fingerprint density at radius 1 is 0.962 bits per heavy atom. The van der Waals surface area contributed by atoms with E-state index >= 15 is 0 Å². The molecule has 2 aromatic carbocycles. The number of para-hydroxylation sites is 1. The summed E-state index contributed by atoms with van der Waals surface area (Å²) in [6.45, 7) is 6.60.